The Labute approximate surface area is 112 Å². The minimum Gasteiger partial charge on any atom is -0.360 e. The van der Waals surface area contributed by atoms with Gasteiger partial charge in [0.05, 0.1) is 0 Å². The fourth-order valence-corrected chi connectivity index (χ4v) is 1.63. The van der Waals surface area contributed by atoms with Crippen molar-refractivity contribution < 1.29 is 9.32 Å². The average molecular weight is 259 g/mol. The van der Waals surface area contributed by atoms with Gasteiger partial charge >= 0.3 is 0 Å². The molecule has 0 unspecified atom stereocenters. The van der Waals surface area contributed by atoms with Gasteiger partial charge in [-0.15, -0.1) is 0 Å². The number of carbonyl (C=O) groups excluding carboxylic acids is 1. The van der Waals surface area contributed by atoms with Crippen LogP contribution in [0.2, 0.25) is 0 Å². The fraction of sp³-hybridized carbons (Fsp3) is 0.357. The van der Waals surface area contributed by atoms with E-state index in [2.05, 4.69) is 15.5 Å². The molecule has 0 spiro atoms. The third-order valence-electron chi connectivity index (χ3n) is 2.78. The van der Waals surface area contributed by atoms with Crippen LogP contribution in [0.5, 0.6) is 0 Å². The summed E-state index contributed by atoms with van der Waals surface area (Å²) < 4.78 is 5.09. The van der Waals surface area contributed by atoms with Crippen LogP contribution in [0.1, 0.15) is 41.6 Å². The average Bonchev–Trinajstić information content (AvgIpc) is 2.89. The SMILES string of the molecule is CC(C)c1cc(C(=O)NCCc2ccncc2)no1. The van der Waals surface area contributed by atoms with Crippen molar-refractivity contribution >= 4 is 5.91 Å². The second-order valence-corrected chi connectivity index (χ2v) is 4.63. The van der Waals surface area contributed by atoms with Crippen LogP contribution in [-0.2, 0) is 6.42 Å². The molecule has 1 amide bonds. The Morgan fingerprint density at radius 3 is 2.74 bits per heavy atom. The summed E-state index contributed by atoms with van der Waals surface area (Å²) in [6, 6.07) is 5.55. The molecule has 1 N–H and O–H groups in total. The van der Waals surface area contributed by atoms with Crippen LogP contribution in [0.3, 0.4) is 0 Å². The lowest BCUT2D eigenvalue weighted by Gasteiger charge is -2.02. The van der Waals surface area contributed by atoms with Crippen molar-refractivity contribution in [3.63, 3.8) is 0 Å². The van der Waals surface area contributed by atoms with Crippen molar-refractivity contribution in [1.82, 2.24) is 15.5 Å². The van der Waals surface area contributed by atoms with Crippen LogP contribution < -0.4 is 5.32 Å². The van der Waals surface area contributed by atoms with Crippen molar-refractivity contribution in [2.75, 3.05) is 6.54 Å². The molecule has 0 aliphatic rings. The van der Waals surface area contributed by atoms with Crippen LogP contribution >= 0.6 is 0 Å². The van der Waals surface area contributed by atoms with E-state index in [1.807, 2.05) is 26.0 Å². The Kier molecular flexibility index (Phi) is 4.28. The van der Waals surface area contributed by atoms with E-state index in [-0.39, 0.29) is 11.8 Å². The molecule has 2 aromatic rings. The lowest BCUT2D eigenvalue weighted by molar-refractivity contribution is 0.0945. The standard InChI is InChI=1S/C14H17N3O2/c1-10(2)13-9-12(17-19-13)14(18)16-8-5-11-3-6-15-7-4-11/h3-4,6-7,9-10H,5,8H2,1-2H3,(H,16,18). The molecule has 2 rings (SSSR count). The zero-order valence-electron chi connectivity index (χ0n) is 11.1. The van der Waals surface area contributed by atoms with Crippen LogP contribution in [0.25, 0.3) is 0 Å². The summed E-state index contributed by atoms with van der Waals surface area (Å²) in [6.07, 6.45) is 4.25. The summed E-state index contributed by atoms with van der Waals surface area (Å²) in [5, 5.41) is 6.58. The number of rotatable bonds is 5. The van der Waals surface area contributed by atoms with Gasteiger partial charge in [-0.1, -0.05) is 19.0 Å². The fourth-order valence-electron chi connectivity index (χ4n) is 1.63. The molecule has 0 saturated carbocycles. The van der Waals surface area contributed by atoms with Crippen LogP contribution in [0, 0.1) is 0 Å². The van der Waals surface area contributed by atoms with Gasteiger partial charge in [-0.25, -0.2) is 0 Å². The number of hydrogen-bond donors (Lipinski definition) is 1. The maximum atomic E-state index is 11.8. The zero-order chi connectivity index (χ0) is 13.7. The Balaban J connectivity index is 1.84. The van der Waals surface area contributed by atoms with E-state index < -0.39 is 0 Å². The van der Waals surface area contributed by atoms with Gasteiger partial charge in [0.15, 0.2) is 5.69 Å². The van der Waals surface area contributed by atoms with Gasteiger partial charge in [0, 0.05) is 30.9 Å². The van der Waals surface area contributed by atoms with E-state index in [9.17, 15) is 4.79 Å². The quantitative estimate of drug-likeness (QED) is 0.893. The molecule has 0 atom stereocenters. The number of nitrogens with zero attached hydrogens (tertiary/aromatic N) is 2. The molecule has 19 heavy (non-hydrogen) atoms. The maximum Gasteiger partial charge on any atom is 0.273 e. The highest BCUT2D eigenvalue weighted by Gasteiger charge is 2.13. The van der Waals surface area contributed by atoms with Gasteiger partial charge in [-0.2, -0.15) is 0 Å². The first kappa shape index (κ1) is 13.3. The van der Waals surface area contributed by atoms with E-state index in [0.29, 0.717) is 12.2 Å². The lowest BCUT2D eigenvalue weighted by Crippen LogP contribution is -2.25. The Morgan fingerprint density at radius 2 is 2.11 bits per heavy atom. The third kappa shape index (κ3) is 3.64. The molecule has 0 aliphatic heterocycles. The van der Waals surface area contributed by atoms with Crippen molar-refractivity contribution in [3.05, 3.63) is 47.6 Å². The summed E-state index contributed by atoms with van der Waals surface area (Å²) >= 11 is 0. The van der Waals surface area contributed by atoms with E-state index in [0.717, 1.165) is 17.7 Å². The van der Waals surface area contributed by atoms with Gasteiger partial charge < -0.3 is 9.84 Å². The molecule has 100 valence electrons. The minimum atomic E-state index is -0.204. The number of pyridine rings is 1. The summed E-state index contributed by atoms with van der Waals surface area (Å²) in [6.45, 7) is 4.55. The topological polar surface area (TPSA) is 68.0 Å². The first-order valence-corrected chi connectivity index (χ1v) is 6.30. The monoisotopic (exact) mass is 259 g/mol. The Morgan fingerprint density at radius 1 is 1.37 bits per heavy atom. The largest absolute Gasteiger partial charge is 0.360 e. The maximum absolute atomic E-state index is 11.8. The summed E-state index contributed by atoms with van der Waals surface area (Å²) in [5.41, 5.74) is 1.47. The predicted molar refractivity (Wildman–Crippen MR) is 70.9 cm³/mol. The number of hydrogen-bond acceptors (Lipinski definition) is 4. The predicted octanol–water partition coefficient (Wildman–Crippen LogP) is 2.17. The molecule has 0 aliphatic carbocycles. The van der Waals surface area contributed by atoms with Gasteiger partial charge in [0.2, 0.25) is 0 Å². The Bertz CT molecular complexity index is 535. The smallest absolute Gasteiger partial charge is 0.273 e. The molecule has 0 aromatic carbocycles. The molecule has 5 nitrogen and oxygen atoms in total. The molecular weight excluding hydrogens is 242 g/mol. The second kappa shape index (κ2) is 6.13. The molecule has 2 heterocycles. The number of amides is 1. The Hall–Kier alpha value is -2.17. The van der Waals surface area contributed by atoms with Gasteiger partial charge in [-0.05, 0) is 24.1 Å². The van der Waals surface area contributed by atoms with E-state index >= 15 is 0 Å². The lowest BCUT2D eigenvalue weighted by atomic mass is 10.1. The third-order valence-corrected chi connectivity index (χ3v) is 2.78. The van der Waals surface area contributed by atoms with Crippen molar-refractivity contribution in [3.8, 4) is 0 Å². The highest BCUT2D eigenvalue weighted by Crippen LogP contribution is 2.14. The van der Waals surface area contributed by atoms with Crippen molar-refractivity contribution in [2.45, 2.75) is 26.2 Å². The van der Waals surface area contributed by atoms with Gasteiger partial charge in [0.25, 0.3) is 5.91 Å². The van der Waals surface area contributed by atoms with Gasteiger partial charge in [0.1, 0.15) is 5.76 Å². The van der Waals surface area contributed by atoms with Crippen LogP contribution in [-0.4, -0.2) is 22.6 Å². The van der Waals surface area contributed by atoms with E-state index in [1.165, 1.54) is 0 Å². The van der Waals surface area contributed by atoms with E-state index in [4.69, 9.17) is 4.52 Å². The van der Waals surface area contributed by atoms with Gasteiger partial charge in [-0.3, -0.25) is 9.78 Å². The molecule has 0 bridgehead atoms. The highest BCUT2D eigenvalue weighted by atomic mass is 16.5. The van der Waals surface area contributed by atoms with Crippen LogP contribution in [0.4, 0.5) is 0 Å². The summed E-state index contributed by atoms with van der Waals surface area (Å²) in [4.78, 5) is 15.8. The minimum absolute atomic E-state index is 0.204. The van der Waals surface area contributed by atoms with Crippen molar-refractivity contribution in [1.29, 1.82) is 0 Å². The molecule has 2 aromatic heterocycles. The molecular formula is C14H17N3O2. The highest BCUT2D eigenvalue weighted by molar-refractivity contribution is 5.92. The zero-order valence-corrected chi connectivity index (χ0v) is 11.1. The summed E-state index contributed by atoms with van der Waals surface area (Å²) in [5.74, 6) is 0.745. The molecule has 0 saturated heterocycles. The van der Waals surface area contributed by atoms with E-state index in [1.54, 1.807) is 18.5 Å². The second-order valence-electron chi connectivity index (χ2n) is 4.63. The van der Waals surface area contributed by atoms with Crippen molar-refractivity contribution in [2.24, 2.45) is 0 Å². The summed E-state index contributed by atoms with van der Waals surface area (Å²) in [7, 11) is 0. The normalized spacial score (nSPS) is 10.7. The molecule has 0 fully saturated rings. The first-order chi connectivity index (χ1) is 9.16. The number of aromatic nitrogens is 2. The van der Waals surface area contributed by atoms with Crippen LogP contribution in [0.15, 0.2) is 35.1 Å². The molecule has 5 heteroatoms. The number of carbonyl (C=O) groups is 1. The first-order valence-electron chi connectivity index (χ1n) is 6.30. The number of nitrogens with one attached hydrogen (secondary N) is 1. The molecule has 0 radical (unpaired) electrons.